The third kappa shape index (κ3) is 3.80. The number of cyclic esters (lactones) is 1. The first-order valence-corrected chi connectivity index (χ1v) is 8.87. The van der Waals surface area contributed by atoms with Crippen LogP contribution in [-0.2, 0) is 9.53 Å². The van der Waals surface area contributed by atoms with Crippen molar-refractivity contribution in [2.45, 2.75) is 0 Å². The molecule has 148 valence electrons. The van der Waals surface area contributed by atoms with Gasteiger partial charge in [0.2, 0.25) is 5.90 Å². The van der Waals surface area contributed by atoms with Crippen molar-refractivity contribution in [3.05, 3.63) is 64.9 Å². The van der Waals surface area contributed by atoms with Crippen molar-refractivity contribution in [3.63, 3.8) is 0 Å². The third-order valence-electron chi connectivity index (χ3n) is 4.50. The highest BCUT2D eigenvalue weighted by molar-refractivity contribution is 6.11. The maximum atomic E-state index is 12.3. The average molecular weight is 393 g/mol. The maximum absolute atomic E-state index is 12.3. The van der Waals surface area contributed by atoms with Crippen LogP contribution >= 0.6 is 0 Å². The van der Waals surface area contributed by atoms with Crippen LogP contribution in [-0.4, -0.2) is 39.8 Å². The lowest BCUT2D eigenvalue weighted by Crippen LogP contribution is -2.08. The summed E-state index contributed by atoms with van der Waals surface area (Å²) in [5.74, 6) is 2.27. The van der Waals surface area contributed by atoms with Gasteiger partial charge in [0.05, 0.1) is 21.3 Å². The number of ether oxygens (including phenoxy) is 5. The summed E-state index contributed by atoms with van der Waals surface area (Å²) in [6.45, 7) is 0.314. The summed E-state index contributed by atoms with van der Waals surface area (Å²) in [7, 11) is 4.71. The summed E-state index contributed by atoms with van der Waals surface area (Å²) in [4.78, 5) is 16.7. The van der Waals surface area contributed by atoms with Gasteiger partial charge in [0, 0.05) is 23.3 Å². The molecule has 0 aliphatic carbocycles. The number of aliphatic imine (C=N–C) groups is 1. The van der Waals surface area contributed by atoms with Crippen LogP contribution in [0.4, 0.5) is 0 Å². The molecule has 7 nitrogen and oxygen atoms in total. The van der Waals surface area contributed by atoms with Crippen molar-refractivity contribution in [1.29, 1.82) is 0 Å². The molecule has 0 spiro atoms. The summed E-state index contributed by atoms with van der Waals surface area (Å²) in [6.07, 6.45) is 3.61. The van der Waals surface area contributed by atoms with Gasteiger partial charge in [0.15, 0.2) is 5.70 Å². The van der Waals surface area contributed by atoms with Crippen LogP contribution in [0.2, 0.25) is 0 Å². The molecule has 2 aromatic rings. The summed E-state index contributed by atoms with van der Waals surface area (Å²) in [5, 5.41) is 0. The van der Waals surface area contributed by atoms with Gasteiger partial charge in [-0.05, 0) is 42.0 Å². The Morgan fingerprint density at radius 2 is 1.69 bits per heavy atom. The fourth-order valence-corrected chi connectivity index (χ4v) is 3.01. The van der Waals surface area contributed by atoms with Crippen LogP contribution in [0.15, 0.2) is 58.7 Å². The number of benzene rings is 2. The Balaban J connectivity index is 1.64. The van der Waals surface area contributed by atoms with E-state index in [0.29, 0.717) is 23.7 Å². The second-order valence-corrected chi connectivity index (χ2v) is 6.35. The predicted molar refractivity (Wildman–Crippen MR) is 107 cm³/mol. The molecular formula is C22H19NO6. The van der Waals surface area contributed by atoms with Crippen molar-refractivity contribution >= 4 is 17.9 Å². The van der Waals surface area contributed by atoms with E-state index < -0.39 is 5.97 Å². The monoisotopic (exact) mass is 393 g/mol. The summed E-state index contributed by atoms with van der Waals surface area (Å²) in [5.41, 5.74) is 2.50. The van der Waals surface area contributed by atoms with Crippen LogP contribution in [0.25, 0.3) is 6.08 Å². The number of carbonyl (C=O) groups is 1. The Morgan fingerprint density at radius 1 is 0.966 bits per heavy atom. The highest BCUT2D eigenvalue weighted by Gasteiger charge is 2.26. The first-order valence-electron chi connectivity index (χ1n) is 8.87. The van der Waals surface area contributed by atoms with Gasteiger partial charge in [-0.15, -0.1) is 0 Å². The van der Waals surface area contributed by atoms with Gasteiger partial charge < -0.3 is 23.7 Å². The second-order valence-electron chi connectivity index (χ2n) is 6.35. The number of hydrogen-bond donors (Lipinski definition) is 0. The van der Waals surface area contributed by atoms with Gasteiger partial charge >= 0.3 is 5.97 Å². The molecule has 0 saturated carbocycles. The van der Waals surface area contributed by atoms with E-state index in [2.05, 4.69) is 4.99 Å². The van der Waals surface area contributed by atoms with Crippen LogP contribution in [0, 0.1) is 0 Å². The number of fused-ring (bicyclic) bond motifs is 1. The van der Waals surface area contributed by atoms with Crippen LogP contribution in [0.3, 0.4) is 0 Å². The van der Waals surface area contributed by atoms with Crippen molar-refractivity contribution in [3.8, 4) is 23.0 Å². The molecule has 0 N–H and O–H groups in total. The SMILES string of the molecule is COc1cc(OC)cc(C2=NC(=CC3=Cc4ccc(OC)cc4OC3)C(=O)O2)c1. The fraction of sp³-hybridized carbons (Fsp3) is 0.182. The van der Waals surface area contributed by atoms with Crippen molar-refractivity contribution < 1.29 is 28.5 Å². The Kier molecular flexibility index (Phi) is 4.95. The van der Waals surface area contributed by atoms with Crippen LogP contribution in [0.1, 0.15) is 11.1 Å². The van der Waals surface area contributed by atoms with Crippen molar-refractivity contribution in [1.82, 2.24) is 0 Å². The number of esters is 1. The van der Waals surface area contributed by atoms with Crippen molar-refractivity contribution in [2.24, 2.45) is 4.99 Å². The molecule has 0 amide bonds. The quantitative estimate of drug-likeness (QED) is 0.573. The van der Waals surface area contributed by atoms with E-state index in [-0.39, 0.29) is 11.6 Å². The molecule has 0 fully saturated rings. The molecule has 0 saturated heterocycles. The third-order valence-corrected chi connectivity index (χ3v) is 4.50. The topological polar surface area (TPSA) is 75.6 Å². The van der Waals surface area contributed by atoms with Gasteiger partial charge in [0.25, 0.3) is 0 Å². The van der Waals surface area contributed by atoms with Crippen LogP contribution in [0.5, 0.6) is 23.0 Å². The fourth-order valence-electron chi connectivity index (χ4n) is 3.01. The molecule has 2 heterocycles. The van der Waals surface area contributed by atoms with Gasteiger partial charge in [-0.1, -0.05) is 0 Å². The highest BCUT2D eigenvalue weighted by Crippen LogP contribution is 2.32. The molecular weight excluding hydrogens is 374 g/mol. The maximum Gasteiger partial charge on any atom is 0.363 e. The lowest BCUT2D eigenvalue weighted by molar-refractivity contribution is -0.130. The second kappa shape index (κ2) is 7.71. The molecule has 2 aromatic carbocycles. The zero-order valence-corrected chi connectivity index (χ0v) is 16.2. The molecule has 4 rings (SSSR count). The van der Waals surface area contributed by atoms with E-state index in [4.69, 9.17) is 23.7 Å². The number of rotatable bonds is 5. The largest absolute Gasteiger partial charge is 0.497 e. The van der Waals surface area contributed by atoms with E-state index in [1.807, 2.05) is 24.3 Å². The number of hydrogen-bond acceptors (Lipinski definition) is 7. The average Bonchev–Trinajstić information content (AvgIpc) is 3.13. The minimum Gasteiger partial charge on any atom is -0.497 e. The van der Waals surface area contributed by atoms with E-state index in [1.54, 1.807) is 45.6 Å². The smallest absolute Gasteiger partial charge is 0.363 e. The number of nitrogens with zero attached hydrogens (tertiary/aromatic N) is 1. The molecule has 7 heteroatoms. The zero-order chi connectivity index (χ0) is 20.4. The lowest BCUT2D eigenvalue weighted by Gasteiger charge is -2.16. The predicted octanol–water partition coefficient (Wildman–Crippen LogP) is 3.38. The first kappa shape index (κ1) is 18.6. The minimum atomic E-state index is -0.525. The number of methoxy groups -OCH3 is 3. The highest BCUT2D eigenvalue weighted by atomic mass is 16.6. The molecule has 0 radical (unpaired) electrons. The normalized spacial score (nSPS) is 16.4. The lowest BCUT2D eigenvalue weighted by atomic mass is 10.1. The Morgan fingerprint density at radius 3 is 2.38 bits per heavy atom. The van der Waals surface area contributed by atoms with E-state index in [0.717, 1.165) is 22.6 Å². The summed E-state index contributed by atoms with van der Waals surface area (Å²) >= 11 is 0. The Labute approximate surface area is 167 Å². The van der Waals surface area contributed by atoms with Gasteiger partial charge in [-0.3, -0.25) is 0 Å². The Hall–Kier alpha value is -3.74. The molecule has 0 bridgehead atoms. The summed E-state index contributed by atoms with van der Waals surface area (Å²) < 4.78 is 26.8. The van der Waals surface area contributed by atoms with E-state index >= 15 is 0 Å². The molecule has 0 aromatic heterocycles. The van der Waals surface area contributed by atoms with Gasteiger partial charge in [-0.2, -0.15) is 0 Å². The number of carbonyl (C=O) groups excluding carboxylic acids is 1. The summed E-state index contributed by atoms with van der Waals surface area (Å²) in [6, 6.07) is 10.8. The molecule has 29 heavy (non-hydrogen) atoms. The molecule has 0 unspecified atom stereocenters. The first-order chi connectivity index (χ1) is 14.1. The van der Waals surface area contributed by atoms with Gasteiger partial charge in [0.1, 0.15) is 29.6 Å². The molecule has 0 atom stereocenters. The standard InChI is InChI=1S/C22H19NO6/c1-25-16-5-4-14-6-13(12-28-20(14)11-16)7-19-22(24)29-21(23-19)15-8-17(26-2)10-18(9-15)27-3/h4-11H,12H2,1-3H3. The van der Waals surface area contributed by atoms with Gasteiger partial charge in [-0.25, -0.2) is 9.79 Å². The minimum absolute atomic E-state index is 0.195. The van der Waals surface area contributed by atoms with E-state index in [1.165, 1.54) is 0 Å². The van der Waals surface area contributed by atoms with Crippen LogP contribution < -0.4 is 18.9 Å². The Bertz CT molecular complexity index is 1040. The zero-order valence-electron chi connectivity index (χ0n) is 16.2. The molecule has 2 aliphatic rings. The van der Waals surface area contributed by atoms with E-state index in [9.17, 15) is 4.79 Å². The van der Waals surface area contributed by atoms with Crippen molar-refractivity contribution in [2.75, 3.05) is 27.9 Å². The molecule has 2 aliphatic heterocycles.